The van der Waals surface area contributed by atoms with Crippen LogP contribution in [0.2, 0.25) is 0 Å². The number of aromatic nitrogens is 1. The number of amides is 1. The molecule has 0 aliphatic carbocycles. The molecule has 2 aliphatic rings. The van der Waals surface area contributed by atoms with E-state index in [1.807, 2.05) is 0 Å². The fourth-order valence-corrected chi connectivity index (χ4v) is 5.86. The lowest BCUT2D eigenvalue weighted by Crippen LogP contribution is -2.61. The van der Waals surface area contributed by atoms with Crippen molar-refractivity contribution in [3.05, 3.63) is 23.9 Å². The van der Waals surface area contributed by atoms with Crippen molar-refractivity contribution in [2.75, 3.05) is 38.2 Å². The molecule has 0 spiro atoms. The van der Waals surface area contributed by atoms with Gasteiger partial charge in [0.05, 0.1) is 24.7 Å². The molecule has 3 heterocycles. The smallest absolute Gasteiger partial charge is 0.259 e. The number of pyridine rings is 1. The number of rotatable bonds is 4. The second kappa shape index (κ2) is 6.92. The van der Waals surface area contributed by atoms with Gasteiger partial charge in [-0.25, -0.2) is 13.4 Å². The molecular formula is C17H25N3O4S. The van der Waals surface area contributed by atoms with Crippen molar-refractivity contribution in [3.8, 4) is 5.88 Å². The van der Waals surface area contributed by atoms with E-state index in [4.69, 9.17) is 4.74 Å². The van der Waals surface area contributed by atoms with Crippen molar-refractivity contribution < 1.29 is 17.9 Å². The first kappa shape index (κ1) is 18.1. The summed E-state index contributed by atoms with van der Waals surface area (Å²) >= 11 is 0. The van der Waals surface area contributed by atoms with Crippen LogP contribution < -0.4 is 4.74 Å². The van der Waals surface area contributed by atoms with Gasteiger partial charge in [-0.3, -0.25) is 9.69 Å². The van der Waals surface area contributed by atoms with Crippen LogP contribution in [0.3, 0.4) is 0 Å². The molecule has 7 nitrogen and oxygen atoms in total. The largest absolute Gasteiger partial charge is 0.480 e. The van der Waals surface area contributed by atoms with E-state index < -0.39 is 9.84 Å². The van der Waals surface area contributed by atoms with Gasteiger partial charge in [0, 0.05) is 31.9 Å². The molecule has 2 fully saturated rings. The van der Waals surface area contributed by atoms with Gasteiger partial charge in [0.25, 0.3) is 5.91 Å². The predicted molar refractivity (Wildman–Crippen MR) is 94.5 cm³/mol. The molecule has 0 bridgehead atoms. The molecular weight excluding hydrogens is 342 g/mol. The van der Waals surface area contributed by atoms with Crippen molar-refractivity contribution in [1.29, 1.82) is 0 Å². The molecule has 0 unspecified atom stereocenters. The van der Waals surface area contributed by atoms with E-state index in [2.05, 4.69) is 23.7 Å². The Bertz CT molecular complexity index is 750. The van der Waals surface area contributed by atoms with Crippen LogP contribution in [0.25, 0.3) is 0 Å². The second-order valence-electron chi connectivity index (χ2n) is 7.16. The van der Waals surface area contributed by atoms with Crippen LogP contribution in [-0.2, 0) is 9.84 Å². The highest BCUT2D eigenvalue weighted by molar-refractivity contribution is 7.91. The van der Waals surface area contributed by atoms with Crippen LogP contribution in [-0.4, -0.2) is 79.4 Å². The van der Waals surface area contributed by atoms with E-state index in [1.54, 1.807) is 23.2 Å². The third kappa shape index (κ3) is 3.64. The highest BCUT2D eigenvalue weighted by atomic mass is 32.2. The van der Waals surface area contributed by atoms with Crippen molar-refractivity contribution in [2.45, 2.75) is 25.9 Å². The maximum absolute atomic E-state index is 13.1. The first-order chi connectivity index (χ1) is 11.8. The first-order valence-corrected chi connectivity index (χ1v) is 10.4. The number of carbonyl (C=O) groups is 1. The van der Waals surface area contributed by atoms with E-state index in [9.17, 15) is 13.2 Å². The quantitative estimate of drug-likeness (QED) is 0.778. The molecule has 0 saturated carbocycles. The highest BCUT2D eigenvalue weighted by Crippen LogP contribution is 2.29. The molecule has 1 aromatic heterocycles. The summed E-state index contributed by atoms with van der Waals surface area (Å²) in [4.78, 5) is 21.1. The number of methoxy groups -OCH3 is 1. The Morgan fingerprint density at radius 1 is 1.32 bits per heavy atom. The number of sulfone groups is 1. The Kier molecular flexibility index (Phi) is 5.02. The van der Waals surface area contributed by atoms with Gasteiger partial charge in [-0.2, -0.15) is 0 Å². The van der Waals surface area contributed by atoms with Gasteiger partial charge in [-0.1, -0.05) is 13.8 Å². The highest BCUT2D eigenvalue weighted by Gasteiger charge is 2.48. The van der Waals surface area contributed by atoms with E-state index in [1.165, 1.54) is 7.11 Å². The number of nitrogens with zero attached hydrogens (tertiary/aromatic N) is 3. The molecule has 0 radical (unpaired) electrons. The molecule has 8 heteroatoms. The third-order valence-corrected chi connectivity index (χ3v) is 6.55. The van der Waals surface area contributed by atoms with E-state index >= 15 is 0 Å². The van der Waals surface area contributed by atoms with Gasteiger partial charge in [-0.05, 0) is 18.1 Å². The van der Waals surface area contributed by atoms with Gasteiger partial charge in [0.15, 0.2) is 9.84 Å². The van der Waals surface area contributed by atoms with Crippen molar-refractivity contribution in [2.24, 2.45) is 5.92 Å². The zero-order valence-electron chi connectivity index (χ0n) is 14.9. The van der Waals surface area contributed by atoms with Gasteiger partial charge in [0.1, 0.15) is 5.56 Å². The minimum absolute atomic E-state index is 0.0284. The van der Waals surface area contributed by atoms with Crippen LogP contribution in [0.1, 0.15) is 24.2 Å². The van der Waals surface area contributed by atoms with E-state index in [-0.39, 0.29) is 35.4 Å². The maximum Gasteiger partial charge on any atom is 0.259 e. The zero-order valence-corrected chi connectivity index (χ0v) is 15.7. The molecule has 3 rings (SSSR count). The summed E-state index contributed by atoms with van der Waals surface area (Å²) in [7, 11) is -1.67. The van der Waals surface area contributed by atoms with Crippen LogP contribution in [0.15, 0.2) is 18.3 Å². The maximum atomic E-state index is 13.1. The Morgan fingerprint density at radius 3 is 2.72 bits per heavy atom. The number of hydrogen-bond acceptors (Lipinski definition) is 6. The zero-order chi connectivity index (χ0) is 18.2. The second-order valence-corrected chi connectivity index (χ2v) is 9.31. The van der Waals surface area contributed by atoms with Crippen molar-refractivity contribution >= 4 is 15.7 Å². The summed E-state index contributed by atoms with van der Waals surface area (Å²) in [5.41, 5.74) is 0.380. The Morgan fingerprint density at radius 2 is 2.04 bits per heavy atom. The molecule has 0 aromatic carbocycles. The third-order valence-electron chi connectivity index (χ3n) is 4.85. The molecule has 2 aliphatic heterocycles. The summed E-state index contributed by atoms with van der Waals surface area (Å²) in [5.74, 6) is 0.666. The lowest BCUT2D eigenvalue weighted by molar-refractivity contribution is 0.0294. The fourth-order valence-electron chi connectivity index (χ4n) is 3.84. The predicted octanol–water partition coefficient (Wildman–Crippen LogP) is 0.670. The van der Waals surface area contributed by atoms with E-state index in [0.29, 0.717) is 24.6 Å². The molecule has 2 atom stereocenters. The van der Waals surface area contributed by atoms with Crippen molar-refractivity contribution in [1.82, 2.24) is 14.8 Å². The van der Waals surface area contributed by atoms with Gasteiger partial charge < -0.3 is 9.64 Å². The molecule has 1 amide bonds. The number of fused-ring (bicyclic) bond motifs is 1. The summed E-state index contributed by atoms with van der Waals surface area (Å²) in [5, 5.41) is 0. The van der Waals surface area contributed by atoms with Gasteiger partial charge in [0.2, 0.25) is 5.88 Å². The normalized spacial score (nSPS) is 25.8. The molecule has 2 saturated heterocycles. The number of hydrogen-bond donors (Lipinski definition) is 0. The SMILES string of the molecule is COc1ncccc1C(=O)N1CCN(CC(C)C)[C@@H]2CS(=O)(=O)C[C@@H]21. The minimum Gasteiger partial charge on any atom is -0.480 e. The van der Waals surface area contributed by atoms with Crippen LogP contribution in [0.4, 0.5) is 0 Å². The molecule has 138 valence electrons. The van der Waals surface area contributed by atoms with Crippen LogP contribution in [0.5, 0.6) is 5.88 Å². The topological polar surface area (TPSA) is 79.8 Å². The first-order valence-electron chi connectivity index (χ1n) is 8.57. The lowest BCUT2D eigenvalue weighted by Gasteiger charge is -2.44. The van der Waals surface area contributed by atoms with Gasteiger partial charge in [-0.15, -0.1) is 0 Å². The van der Waals surface area contributed by atoms with E-state index in [0.717, 1.165) is 6.54 Å². The number of ether oxygens (including phenoxy) is 1. The van der Waals surface area contributed by atoms with Crippen LogP contribution in [0, 0.1) is 5.92 Å². The fraction of sp³-hybridized carbons (Fsp3) is 0.647. The summed E-state index contributed by atoms with van der Waals surface area (Å²) < 4.78 is 29.7. The lowest BCUT2D eigenvalue weighted by atomic mass is 10.0. The molecule has 1 aromatic rings. The molecule has 25 heavy (non-hydrogen) atoms. The van der Waals surface area contributed by atoms with Gasteiger partial charge >= 0.3 is 0 Å². The summed E-state index contributed by atoms with van der Waals surface area (Å²) in [6, 6.07) is 2.92. The van der Waals surface area contributed by atoms with Crippen LogP contribution >= 0.6 is 0 Å². The standard InChI is InChI=1S/C17H25N3O4S/c1-12(2)9-19-7-8-20(15-11-25(22,23)10-14(15)19)17(21)13-5-4-6-18-16(13)24-3/h4-6,12,14-15H,7-11H2,1-3H3/t14-,15+/m1/s1. The summed E-state index contributed by atoms with van der Waals surface area (Å²) in [6.07, 6.45) is 1.57. The van der Waals surface area contributed by atoms with Crippen molar-refractivity contribution in [3.63, 3.8) is 0 Å². The minimum atomic E-state index is -3.14. The molecule has 0 N–H and O–H groups in total. The monoisotopic (exact) mass is 367 g/mol. The number of carbonyl (C=O) groups excluding carboxylic acids is 1. The number of piperazine rings is 1. The Labute approximate surface area is 148 Å². The average molecular weight is 367 g/mol. The Balaban J connectivity index is 1.89. The Hall–Kier alpha value is -1.67. The summed E-state index contributed by atoms with van der Waals surface area (Å²) in [6.45, 7) is 6.28. The average Bonchev–Trinajstić information content (AvgIpc) is 2.89.